The third kappa shape index (κ3) is 12.5. The van der Waals surface area contributed by atoms with E-state index in [-0.39, 0.29) is 5.92 Å². The predicted octanol–water partition coefficient (Wildman–Crippen LogP) is 10.6. The van der Waals surface area contributed by atoms with E-state index in [1.165, 1.54) is 88.2 Å². The number of carbonyl (C=O) groups excluding carboxylic acids is 1. The highest BCUT2D eigenvalue weighted by molar-refractivity contribution is 5.85. The van der Waals surface area contributed by atoms with Crippen LogP contribution in [0, 0.1) is 0 Å². The van der Waals surface area contributed by atoms with Gasteiger partial charge in [0.25, 0.3) is 0 Å². The Kier molecular flexibility index (Phi) is 17.0. The highest BCUT2D eigenvalue weighted by atomic mass is 16.1. The summed E-state index contributed by atoms with van der Waals surface area (Å²) in [5, 5.41) is 0. The lowest BCUT2D eigenvalue weighted by Gasteiger charge is -2.21. The third-order valence-corrected chi connectivity index (χ3v) is 7.93. The summed E-state index contributed by atoms with van der Waals surface area (Å²) in [7, 11) is 0. The summed E-state index contributed by atoms with van der Waals surface area (Å²) in [6.07, 6.45) is 29.5. The van der Waals surface area contributed by atoms with E-state index in [0.29, 0.717) is 11.8 Å². The number of imidazole rings is 1. The molecule has 0 amide bonds. The molecule has 37 heavy (non-hydrogen) atoms. The number of benzene rings is 1. The van der Waals surface area contributed by atoms with Crippen molar-refractivity contribution in [3.05, 3.63) is 54.1 Å². The number of hydrogen-bond acceptors (Lipinski definition) is 2. The molecule has 0 bridgehead atoms. The monoisotopic (exact) mass is 508 g/mol. The Labute approximate surface area is 228 Å². The molecule has 1 heterocycles. The molecule has 1 aromatic carbocycles. The Morgan fingerprint density at radius 3 is 1.73 bits per heavy atom. The standard InChI is InChI=1S/C34H56N2O/c1-4-7-9-10-11-12-13-14-15-16-17-18-19-22-34(37)32(21-8-5-2)30-23-25-31(26-24-30)33(20-6-3)36-28-27-35-29-36/h23-29,32-33H,4-22H2,1-3H3. The Hall–Kier alpha value is -1.90. The number of aromatic nitrogens is 2. The van der Waals surface area contributed by atoms with Gasteiger partial charge in [0, 0.05) is 24.7 Å². The van der Waals surface area contributed by atoms with Crippen LogP contribution in [0.4, 0.5) is 0 Å². The van der Waals surface area contributed by atoms with Crippen molar-refractivity contribution in [2.45, 2.75) is 155 Å². The molecule has 0 saturated carbocycles. The van der Waals surface area contributed by atoms with Gasteiger partial charge < -0.3 is 4.57 Å². The quantitative estimate of drug-likeness (QED) is 0.140. The van der Waals surface area contributed by atoms with Crippen molar-refractivity contribution in [2.24, 2.45) is 0 Å². The summed E-state index contributed by atoms with van der Waals surface area (Å²) >= 11 is 0. The van der Waals surface area contributed by atoms with Crippen LogP contribution in [0.5, 0.6) is 0 Å². The minimum atomic E-state index is 0.0594. The molecule has 0 aliphatic carbocycles. The minimum Gasteiger partial charge on any atom is -0.330 e. The summed E-state index contributed by atoms with van der Waals surface area (Å²) in [6, 6.07) is 9.24. The molecule has 0 spiro atoms. The van der Waals surface area contributed by atoms with Gasteiger partial charge in [-0.25, -0.2) is 4.98 Å². The Bertz CT molecular complexity index is 796. The van der Waals surface area contributed by atoms with Crippen molar-refractivity contribution in [3.8, 4) is 0 Å². The van der Waals surface area contributed by atoms with Gasteiger partial charge in [0.2, 0.25) is 0 Å². The van der Waals surface area contributed by atoms with E-state index >= 15 is 0 Å². The molecule has 0 aliphatic rings. The van der Waals surface area contributed by atoms with Crippen LogP contribution in [0.2, 0.25) is 0 Å². The second-order valence-corrected chi connectivity index (χ2v) is 11.1. The van der Waals surface area contributed by atoms with Crippen molar-refractivity contribution in [2.75, 3.05) is 0 Å². The molecule has 0 saturated heterocycles. The number of rotatable bonds is 23. The fourth-order valence-electron chi connectivity index (χ4n) is 5.58. The summed E-state index contributed by atoms with van der Waals surface area (Å²) < 4.78 is 2.20. The van der Waals surface area contributed by atoms with E-state index in [1.54, 1.807) is 0 Å². The molecule has 3 nitrogen and oxygen atoms in total. The number of nitrogens with zero attached hydrogens (tertiary/aromatic N) is 2. The van der Waals surface area contributed by atoms with Crippen LogP contribution in [0.15, 0.2) is 43.0 Å². The van der Waals surface area contributed by atoms with Gasteiger partial charge in [0.15, 0.2) is 0 Å². The first-order chi connectivity index (χ1) is 18.2. The fourth-order valence-corrected chi connectivity index (χ4v) is 5.58. The predicted molar refractivity (Wildman–Crippen MR) is 159 cm³/mol. The van der Waals surface area contributed by atoms with Crippen LogP contribution in [-0.2, 0) is 4.79 Å². The first kappa shape index (κ1) is 31.3. The summed E-state index contributed by atoms with van der Waals surface area (Å²) in [6.45, 7) is 6.73. The molecule has 0 fully saturated rings. The second-order valence-electron chi connectivity index (χ2n) is 11.1. The highest BCUT2D eigenvalue weighted by Gasteiger charge is 2.20. The van der Waals surface area contributed by atoms with Gasteiger partial charge in [-0.1, -0.05) is 141 Å². The summed E-state index contributed by atoms with van der Waals surface area (Å²) in [5.74, 6) is 0.508. The maximum atomic E-state index is 13.2. The van der Waals surface area contributed by atoms with Gasteiger partial charge in [-0.15, -0.1) is 0 Å². The molecule has 0 aliphatic heterocycles. The van der Waals surface area contributed by atoms with Crippen molar-refractivity contribution in [3.63, 3.8) is 0 Å². The zero-order valence-corrected chi connectivity index (χ0v) is 24.4. The molecule has 208 valence electrons. The molecule has 0 N–H and O–H groups in total. The van der Waals surface area contributed by atoms with Crippen LogP contribution >= 0.6 is 0 Å². The van der Waals surface area contributed by atoms with E-state index in [0.717, 1.165) is 44.9 Å². The van der Waals surface area contributed by atoms with Crippen LogP contribution in [-0.4, -0.2) is 15.3 Å². The minimum absolute atomic E-state index is 0.0594. The van der Waals surface area contributed by atoms with Crippen molar-refractivity contribution in [1.82, 2.24) is 9.55 Å². The van der Waals surface area contributed by atoms with E-state index in [1.807, 2.05) is 12.5 Å². The van der Waals surface area contributed by atoms with Crippen molar-refractivity contribution >= 4 is 5.78 Å². The molecule has 2 aromatic rings. The number of Topliss-reactive ketones (excluding diaryl/α,β-unsaturated/α-hetero) is 1. The van der Waals surface area contributed by atoms with E-state index in [2.05, 4.69) is 60.8 Å². The van der Waals surface area contributed by atoms with Crippen LogP contribution in [0.25, 0.3) is 0 Å². The van der Waals surface area contributed by atoms with Gasteiger partial charge in [-0.2, -0.15) is 0 Å². The Morgan fingerprint density at radius 1 is 0.676 bits per heavy atom. The van der Waals surface area contributed by atoms with Crippen molar-refractivity contribution in [1.29, 1.82) is 0 Å². The highest BCUT2D eigenvalue weighted by Crippen LogP contribution is 2.29. The SMILES string of the molecule is CCCCCCCCCCCCCCCC(=O)C(CCCC)c1ccc(C(CCC)n2ccnc2)cc1. The molecule has 2 unspecified atom stereocenters. The van der Waals surface area contributed by atoms with Gasteiger partial charge in [0.05, 0.1) is 12.4 Å². The van der Waals surface area contributed by atoms with Gasteiger partial charge >= 0.3 is 0 Å². The molecule has 1 aromatic heterocycles. The zero-order valence-electron chi connectivity index (χ0n) is 24.4. The first-order valence-corrected chi connectivity index (χ1v) is 15.8. The van der Waals surface area contributed by atoms with Crippen LogP contribution in [0.1, 0.15) is 166 Å². The average molecular weight is 509 g/mol. The maximum Gasteiger partial charge on any atom is 0.140 e. The Balaban J connectivity index is 1.73. The maximum absolute atomic E-state index is 13.2. The van der Waals surface area contributed by atoms with Gasteiger partial charge in [-0.3, -0.25) is 4.79 Å². The zero-order chi connectivity index (χ0) is 26.6. The smallest absolute Gasteiger partial charge is 0.140 e. The normalized spacial score (nSPS) is 13.1. The van der Waals surface area contributed by atoms with Crippen LogP contribution < -0.4 is 0 Å². The van der Waals surface area contributed by atoms with Gasteiger partial charge in [0.1, 0.15) is 5.78 Å². The molecule has 3 heteroatoms. The molecular weight excluding hydrogens is 452 g/mol. The van der Waals surface area contributed by atoms with Crippen LogP contribution in [0.3, 0.4) is 0 Å². The molecule has 0 radical (unpaired) electrons. The molecular formula is C34H56N2O. The number of unbranched alkanes of at least 4 members (excludes halogenated alkanes) is 13. The largest absolute Gasteiger partial charge is 0.330 e. The van der Waals surface area contributed by atoms with E-state index < -0.39 is 0 Å². The lowest BCUT2D eigenvalue weighted by molar-refractivity contribution is -0.120. The summed E-state index contributed by atoms with van der Waals surface area (Å²) in [4.78, 5) is 17.5. The topological polar surface area (TPSA) is 34.9 Å². The second kappa shape index (κ2) is 20.1. The van der Waals surface area contributed by atoms with Gasteiger partial charge in [-0.05, 0) is 30.4 Å². The lowest BCUT2D eigenvalue weighted by Crippen LogP contribution is -2.14. The van der Waals surface area contributed by atoms with E-state index in [4.69, 9.17) is 0 Å². The number of ketones is 1. The third-order valence-electron chi connectivity index (χ3n) is 7.93. The van der Waals surface area contributed by atoms with Crippen molar-refractivity contribution < 1.29 is 4.79 Å². The number of carbonyl (C=O) groups is 1. The average Bonchev–Trinajstić information content (AvgIpc) is 3.45. The first-order valence-electron chi connectivity index (χ1n) is 15.8. The summed E-state index contributed by atoms with van der Waals surface area (Å²) in [5.41, 5.74) is 2.51. The van der Waals surface area contributed by atoms with E-state index in [9.17, 15) is 4.79 Å². The fraction of sp³-hybridized carbons (Fsp3) is 0.706. The number of hydrogen-bond donors (Lipinski definition) is 0. The lowest BCUT2D eigenvalue weighted by atomic mass is 9.86. The molecule has 2 atom stereocenters. The Morgan fingerprint density at radius 2 is 1.22 bits per heavy atom. The molecule has 2 rings (SSSR count).